The van der Waals surface area contributed by atoms with Crippen LogP contribution in [-0.4, -0.2) is 46.3 Å². The minimum absolute atomic E-state index is 0.263. The number of likely N-dealkylation sites (tertiary alicyclic amines) is 1. The van der Waals surface area contributed by atoms with Gasteiger partial charge in [-0.15, -0.1) is 5.10 Å². The zero-order valence-electron chi connectivity index (χ0n) is 21.5. The summed E-state index contributed by atoms with van der Waals surface area (Å²) in [5, 5.41) is 8.04. The molecule has 192 valence electrons. The van der Waals surface area contributed by atoms with Crippen molar-refractivity contribution in [2.45, 2.75) is 18.9 Å². The molecule has 38 heavy (non-hydrogen) atoms. The summed E-state index contributed by atoms with van der Waals surface area (Å²) in [7, 11) is 1.67. The van der Waals surface area contributed by atoms with Crippen LogP contribution < -0.4 is 14.8 Å². The number of fused-ring (bicyclic) bond motifs is 1. The molecular weight excluding hydrogens is 474 g/mol. The van der Waals surface area contributed by atoms with Crippen LogP contribution in [0.25, 0.3) is 16.9 Å². The van der Waals surface area contributed by atoms with Crippen molar-refractivity contribution in [1.29, 1.82) is 0 Å². The molecule has 2 aromatic heterocycles. The van der Waals surface area contributed by atoms with Gasteiger partial charge in [0.1, 0.15) is 18.1 Å². The molecule has 1 atom stereocenters. The topological polar surface area (TPSA) is 63.9 Å². The summed E-state index contributed by atoms with van der Waals surface area (Å²) < 4.78 is 13.4. The third-order valence-corrected chi connectivity index (χ3v) is 7.03. The van der Waals surface area contributed by atoms with Gasteiger partial charge >= 0.3 is 0 Å². The highest BCUT2D eigenvalue weighted by Gasteiger charge is 2.24. The Morgan fingerprint density at radius 2 is 1.55 bits per heavy atom. The van der Waals surface area contributed by atoms with Crippen LogP contribution in [0.1, 0.15) is 24.4 Å². The molecule has 0 unspecified atom stereocenters. The second-order valence-corrected chi connectivity index (χ2v) is 9.47. The second kappa shape index (κ2) is 10.9. The largest absolute Gasteiger partial charge is 0.497 e. The van der Waals surface area contributed by atoms with E-state index in [9.17, 15) is 0 Å². The van der Waals surface area contributed by atoms with Crippen LogP contribution in [0, 0.1) is 0 Å². The van der Waals surface area contributed by atoms with E-state index in [1.54, 1.807) is 7.11 Å². The van der Waals surface area contributed by atoms with E-state index in [2.05, 4.69) is 45.5 Å². The van der Waals surface area contributed by atoms with E-state index < -0.39 is 0 Å². The van der Waals surface area contributed by atoms with Crippen molar-refractivity contribution < 1.29 is 9.47 Å². The number of rotatable bonds is 9. The molecule has 1 fully saturated rings. The van der Waals surface area contributed by atoms with Gasteiger partial charge in [-0.2, -0.15) is 4.98 Å². The molecule has 3 heterocycles. The van der Waals surface area contributed by atoms with Gasteiger partial charge < -0.3 is 14.8 Å². The normalized spacial score (nSPS) is 14.4. The molecule has 6 rings (SSSR count). The number of nitrogens with one attached hydrogen (secondary N) is 1. The smallest absolute Gasteiger partial charge is 0.247 e. The molecule has 0 radical (unpaired) electrons. The first-order valence-corrected chi connectivity index (χ1v) is 13.1. The van der Waals surface area contributed by atoms with Gasteiger partial charge in [0.25, 0.3) is 0 Å². The van der Waals surface area contributed by atoms with Crippen molar-refractivity contribution in [2.75, 3.05) is 32.1 Å². The Morgan fingerprint density at radius 3 is 2.29 bits per heavy atom. The minimum Gasteiger partial charge on any atom is -0.497 e. The van der Waals surface area contributed by atoms with Crippen LogP contribution in [0.15, 0.2) is 97.1 Å². The fraction of sp³-hybridized carbons (Fsp3) is 0.226. The van der Waals surface area contributed by atoms with Crippen LogP contribution in [0.5, 0.6) is 11.5 Å². The first-order chi connectivity index (χ1) is 18.8. The molecule has 1 saturated heterocycles. The quantitative estimate of drug-likeness (QED) is 0.251. The van der Waals surface area contributed by atoms with E-state index in [4.69, 9.17) is 14.6 Å². The van der Waals surface area contributed by atoms with E-state index in [1.165, 1.54) is 18.4 Å². The van der Waals surface area contributed by atoms with Crippen molar-refractivity contribution in [3.8, 4) is 22.8 Å². The molecule has 0 aliphatic carbocycles. The number of hydrogen-bond acceptors (Lipinski definition) is 6. The number of aromatic nitrogens is 3. The van der Waals surface area contributed by atoms with Crippen LogP contribution in [0.3, 0.4) is 0 Å². The molecule has 0 amide bonds. The van der Waals surface area contributed by atoms with Crippen molar-refractivity contribution in [3.05, 3.63) is 103 Å². The van der Waals surface area contributed by atoms with Gasteiger partial charge in [0.05, 0.1) is 18.8 Å². The molecule has 3 aromatic carbocycles. The average Bonchev–Trinajstić information content (AvgIpc) is 3.65. The summed E-state index contributed by atoms with van der Waals surface area (Å²) in [5.74, 6) is 2.21. The number of methoxy groups -OCH3 is 1. The number of anilines is 2. The standard InChI is InChI=1S/C31H31N5O2/c1-37-26-16-12-24(13-17-26)28-10-7-11-30-33-31(34-36(28)30)32-25-14-18-27(19-15-25)38-22-29(35-20-5-6-21-35)23-8-3-2-4-9-23/h2-4,7-19,29H,5-6,20-22H2,1H3,(H,32,34)/t29-/m1/s1. The number of nitrogens with zero attached hydrogens (tertiary/aromatic N) is 4. The first kappa shape index (κ1) is 24.0. The SMILES string of the molecule is COc1ccc(-c2cccc3nc(Nc4ccc(OC[C@H](c5ccccc5)N5CCCC5)cc4)nn23)cc1. The van der Waals surface area contributed by atoms with Crippen molar-refractivity contribution in [1.82, 2.24) is 19.5 Å². The third-order valence-electron chi connectivity index (χ3n) is 7.03. The fourth-order valence-corrected chi connectivity index (χ4v) is 5.02. The van der Waals surface area contributed by atoms with Crippen LogP contribution >= 0.6 is 0 Å². The van der Waals surface area contributed by atoms with Crippen molar-refractivity contribution in [2.24, 2.45) is 0 Å². The zero-order chi connectivity index (χ0) is 25.7. The molecule has 0 bridgehead atoms. The number of ether oxygens (including phenoxy) is 2. The molecule has 1 N–H and O–H groups in total. The predicted octanol–water partition coefficient (Wildman–Crippen LogP) is 6.36. The second-order valence-electron chi connectivity index (χ2n) is 9.47. The van der Waals surface area contributed by atoms with Gasteiger partial charge in [-0.1, -0.05) is 36.4 Å². The van der Waals surface area contributed by atoms with Crippen molar-refractivity contribution in [3.63, 3.8) is 0 Å². The molecule has 7 nitrogen and oxygen atoms in total. The van der Waals surface area contributed by atoms with E-state index in [-0.39, 0.29) is 6.04 Å². The highest BCUT2D eigenvalue weighted by molar-refractivity contribution is 5.65. The van der Waals surface area contributed by atoms with Crippen molar-refractivity contribution >= 4 is 17.3 Å². The number of benzene rings is 3. The van der Waals surface area contributed by atoms with Gasteiger partial charge in [-0.3, -0.25) is 4.90 Å². The summed E-state index contributed by atoms with van der Waals surface area (Å²) >= 11 is 0. The maximum atomic E-state index is 6.26. The highest BCUT2D eigenvalue weighted by Crippen LogP contribution is 2.28. The summed E-state index contributed by atoms with van der Waals surface area (Å²) in [6.45, 7) is 2.87. The Kier molecular flexibility index (Phi) is 6.91. The molecule has 7 heteroatoms. The molecule has 0 spiro atoms. The van der Waals surface area contributed by atoms with Crippen LogP contribution in [-0.2, 0) is 0 Å². The third kappa shape index (κ3) is 5.19. The monoisotopic (exact) mass is 505 g/mol. The zero-order valence-corrected chi connectivity index (χ0v) is 21.5. The van der Waals surface area contributed by atoms with E-state index in [0.29, 0.717) is 12.6 Å². The van der Waals surface area contributed by atoms with Gasteiger partial charge in [-0.05, 0) is 92.2 Å². The Labute approximate surface area is 222 Å². The molecule has 0 saturated carbocycles. The lowest BCUT2D eigenvalue weighted by Gasteiger charge is -2.28. The van der Waals surface area contributed by atoms with E-state index >= 15 is 0 Å². The lowest BCUT2D eigenvalue weighted by molar-refractivity contribution is 0.161. The maximum Gasteiger partial charge on any atom is 0.247 e. The Bertz CT molecular complexity index is 1480. The molecular formula is C31H31N5O2. The Hall–Kier alpha value is -4.36. The van der Waals surface area contributed by atoms with E-state index in [0.717, 1.165) is 47.2 Å². The highest BCUT2D eigenvalue weighted by atomic mass is 16.5. The Balaban J connectivity index is 1.14. The summed E-state index contributed by atoms with van der Waals surface area (Å²) in [4.78, 5) is 7.20. The van der Waals surface area contributed by atoms with Gasteiger partial charge in [0.15, 0.2) is 5.65 Å². The van der Waals surface area contributed by atoms with E-state index in [1.807, 2.05) is 71.2 Å². The van der Waals surface area contributed by atoms with Gasteiger partial charge in [-0.25, -0.2) is 4.52 Å². The summed E-state index contributed by atoms with van der Waals surface area (Å²) in [6.07, 6.45) is 2.50. The van der Waals surface area contributed by atoms with Gasteiger partial charge in [0, 0.05) is 11.3 Å². The fourth-order valence-electron chi connectivity index (χ4n) is 5.02. The van der Waals surface area contributed by atoms with Crippen LogP contribution in [0.2, 0.25) is 0 Å². The number of pyridine rings is 1. The first-order valence-electron chi connectivity index (χ1n) is 13.1. The van der Waals surface area contributed by atoms with Crippen LogP contribution in [0.4, 0.5) is 11.6 Å². The molecule has 1 aliphatic rings. The van der Waals surface area contributed by atoms with Gasteiger partial charge in [0.2, 0.25) is 5.95 Å². The maximum absolute atomic E-state index is 6.26. The predicted molar refractivity (Wildman–Crippen MR) is 150 cm³/mol. The Morgan fingerprint density at radius 1 is 0.816 bits per heavy atom. The average molecular weight is 506 g/mol. The minimum atomic E-state index is 0.263. The molecule has 1 aliphatic heterocycles. The lowest BCUT2D eigenvalue weighted by atomic mass is 10.1. The summed E-state index contributed by atoms with van der Waals surface area (Å²) in [6, 6.07) is 32.8. The summed E-state index contributed by atoms with van der Waals surface area (Å²) in [5.41, 5.74) is 4.98. The lowest BCUT2D eigenvalue weighted by Crippen LogP contribution is -2.30. The number of hydrogen-bond donors (Lipinski definition) is 1. The molecule has 5 aromatic rings.